The van der Waals surface area contributed by atoms with Gasteiger partial charge in [0.25, 0.3) is 0 Å². The van der Waals surface area contributed by atoms with E-state index in [0.717, 1.165) is 19.3 Å². The van der Waals surface area contributed by atoms with Gasteiger partial charge in [-0.05, 0) is 31.9 Å². The maximum atomic E-state index is 11.5. The molecule has 0 aromatic carbocycles. The summed E-state index contributed by atoms with van der Waals surface area (Å²) in [5.41, 5.74) is 0.982. The first-order valence-electron chi connectivity index (χ1n) is 7.08. The quantitative estimate of drug-likeness (QED) is 0.827. The second-order valence-electron chi connectivity index (χ2n) is 5.30. The topological polar surface area (TPSA) is 88.5 Å². The molecule has 1 aromatic rings. The molecule has 0 aliphatic heterocycles. The molecule has 2 unspecified atom stereocenters. The van der Waals surface area contributed by atoms with E-state index in [4.69, 9.17) is 0 Å². The van der Waals surface area contributed by atoms with Crippen LogP contribution in [0.15, 0.2) is 12.1 Å². The number of carboxylic acid groups (broad SMARTS) is 1. The number of aryl methyl sites for hydroxylation is 1. The van der Waals surface area contributed by atoms with E-state index >= 15 is 0 Å². The molecule has 0 bridgehead atoms. The van der Waals surface area contributed by atoms with Crippen LogP contribution < -0.4 is 5.32 Å². The van der Waals surface area contributed by atoms with Crippen LogP contribution in [0.5, 0.6) is 0 Å². The minimum absolute atomic E-state index is 0.118. The number of esters is 1. The van der Waals surface area contributed by atoms with Gasteiger partial charge in [-0.2, -0.15) is 0 Å². The molecule has 114 valence electrons. The Morgan fingerprint density at radius 2 is 2.05 bits per heavy atom. The maximum absolute atomic E-state index is 11.5. The zero-order valence-electron chi connectivity index (χ0n) is 12.3. The van der Waals surface area contributed by atoms with Crippen LogP contribution in [0.25, 0.3) is 0 Å². The number of methoxy groups -OCH3 is 1. The highest BCUT2D eigenvalue weighted by molar-refractivity contribution is 5.90. The van der Waals surface area contributed by atoms with Crippen molar-refractivity contribution in [1.29, 1.82) is 0 Å². The molecule has 0 radical (unpaired) electrons. The number of nitrogens with one attached hydrogen (secondary N) is 1. The van der Waals surface area contributed by atoms with Gasteiger partial charge in [0.2, 0.25) is 0 Å². The summed E-state index contributed by atoms with van der Waals surface area (Å²) in [6, 6.07) is 3.22. The number of aliphatic carboxylic acids is 1. The van der Waals surface area contributed by atoms with E-state index in [1.165, 1.54) is 7.11 Å². The number of pyridine rings is 1. The first-order valence-corrected chi connectivity index (χ1v) is 7.08. The van der Waals surface area contributed by atoms with Crippen LogP contribution in [0.4, 0.5) is 5.82 Å². The third-order valence-electron chi connectivity index (χ3n) is 3.91. The van der Waals surface area contributed by atoms with Crippen molar-refractivity contribution in [2.45, 2.75) is 38.6 Å². The van der Waals surface area contributed by atoms with E-state index < -0.39 is 11.9 Å². The molecule has 1 aromatic heterocycles. The molecule has 0 saturated heterocycles. The number of carbonyl (C=O) groups is 2. The van der Waals surface area contributed by atoms with Crippen LogP contribution in [-0.2, 0) is 9.53 Å². The average molecular weight is 292 g/mol. The number of anilines is 1. The van der Waals surface area contributed by atoms with Gasteiger partial charge in [0.1, 0.15) is 5.82 Å². The number of carbonyl (C=O) groups excluding carboxylic acids is 1. The summed E-state index contributed by atoms with van der Waals surface area (Å²) in [5, 5.41) is 12.5. The van der Waals surface area contributed by atoms with Crippen LogP contribution in [0.1, 0.15) is 41.7 Å². The first-order chi connectivity index (χ1) is 10.0. The van der Waals surface area contributed by atoms with E-state index in [1.807, 2.05) is 0 Å². The molecule has 1 aliphatic carbocycles. The van der Waals surface area contributed by atoms with Gasteiger partial charge in [0, 0.05) is 6.04 Å². The van der Waals surface area contributed by atoms with Crippen molar-refractivity contribution in [3.63, 3.8) is 0 Å². The molecule has 2 atom stereocenters. The lowest BCUT2D eigenvalue weighted by Crippen LogP contribution is -2.37. The second-order valence-corrected chi connectivity index (χ2v) is 5.30. The van der Waals surface area contributed by atoms with E-state index in [1.54, 1.807) is 19.1 Å². The van der Waals surface area contributed by atoms with Crippen molar-refractivity contribution in [3.8, 4) is 0 Å². The Balaban J connectivity index is 2.13. The van der Waals surface area contributed by atoms with Crippen LogP contribution >= 0.6 is 0 Å². The highest BCUT2D eigenvalue weighted by Gasteiger charge is 2.31. The lowest BCUT2D eigenvalue weighted by atomic mass is 9.84. The van der Waals surface area contributed by atoms with E-state index in [9.17, 15) is 14.7 Å². The number of hydrogen-bond donors (Lipinski definition) is 2. The summed E-state index contributed by atoms with van der Waals surface area (Å²) in [6.45, 7) is 1.73. The number of hydrogen-bond acceptors (Lipinski definition) is 5. The highest BCUT2D eigenvalue weighted by atomic mass is 16.5. The van der Waals surface area contributed by atoms with Gasteiger partial charge in [0.05, 0.1) is 24.3 Å². The number of nitrogens with zero attached hydrogens (tertiary/aromatic N) is 1. The molecule has 2 rings (SSSR count). The molecule has 6 heteroatoms. The molecule has 0 amide bonds. The van der Waals surface area contributed by atoms with Gasteiger partial charge in [0.15, 0.2) is 0 Å². The van der Waals surface area contributed by atoms with Gasteiger partial charge in [-0.3, -0.25) is 4.79 Å². The van der Waals surface area contributed by atoms with E-state index in [0.29, 0.717) is 23.5 Å². The third kappa shape index (κ3) is 3.51. The molecular formula is C15H20N2O4. The van der Waals surface area contributed by atoms with Gasteiger partial charge in [-0.1, -0.05) is 12.8 Å². The van der Waals surface area contributed by atoms with E-state index in [2.05, 4.69) is 15.0 Å². The van der Waals surface area contributed by atoms with Crippen molar-refractivity contribution in [1.82, 2.24) is 4.98 Å². The van der Waals surface area contributed by atoms with Crippen LogP contribution in [0.3, 0.4) is 0 Å². The standard InChI is InChI=1S/C15H20N2O4/c1-9-10(15(20)21-2)7-8-13(16-9)17-12-6-4-3-5-11(12)14(18)19/h7-8,11-12H,3-6H2,1-2H3,(H,16,17)(H,18,19). The maximum Gasteiger partial charge on any atom is 0.339 e. The Bertz CT molecular complexity index is 544. The molecular weight excluding hydrogens is 272 g/mol. The number of aromatic nitrogens is 1. The monoisotopic (exact) mass is 292 g/mol. The fraction of sp³-hybridized carbons (Fsp3) is 0.533. The van der Waals surface area contributed by atoms with Gasteiger partial charge in [-0.25, -0.2) is 9.78 Å². The number of rotatable bonds is 4. The SMILES string of the molecule is COC(=O)c1ccc(NC2CCCCC2C(=O)O)nc1C. The second kappa shape index (κ2) is 6.56. The molecule has 1 fully saturated rings. The molecule has 2 N–H and O–H groups in total. The van der Waals surface area contributed by atoms with Crippen LogP contribution in [-0.4, -0.2) is 35.2 Å². The van der Waals surface area contributed by atoms with Crippen LogP contribution in [0, 0.1) is 12.8 Å². The minimum Gasteiger partial charge on any atom is -0.481 e. The predicted molar refractivity (Wildman–Crippen MR) is 77.3 cm³/mol. The van der Waals surface area contributed by atoms with Gasteiger partial charge >= 0.3 is 11.9 Å². The number of carboxylic acids is 1. The summed E-state index contributed by atoms with van der Waals surface area (Å²) < 4.78 is 4.68. The van der Waals surface area contributed by atoms with Crippen molar-refractivity contribution in [3.05, 3.63) is 23.4 Å². The fourth-order valence-electron chi connectivity index (χ4n) is 2.76. The van der Waals surface area contributed by atoms with Gasteiger partial charge < -0.3 is 15.2 Å². The molecule has 6 nitrogen and oxygen atoms in total. The smallest absolute Gasteiger partial charge is 0.339 e. The molecule has 1 saturated carbocycles. The zero-order valence-corrected chi connectivity index (χ0v) is 12.3. The fourth-order valence-corrected chi connectivity index (χ4v) is 2.76. The summed E-state index contributed by atoms with van der Waals surface area (Å²) in [6.07, 6.45) is 3.46. The zero-order chi connectivity index (χ0) is 15.4. The average Bonchev–Trinajstić information content (AvgIpc) is 2.47. The predicted octanol–water partition coefficient (Wildman–Crippen LogP) is 2.23. The molecule has 21 heavy (non-hydrogen) atoms. The molecule has 1 aliphatic rings. The molecule has 1 heterocycles. The van der Waals surface area contributed by atoms with Crippen molar-refractivity contribution < 1.29 is 19.4 Å². The Kier molecular flexibility index (Phi) is 4.77. The first kappa shape index (κ1) is 15.3. The van der Waals surface area contributed by atoms with Crippen molar-refractivity contribution in [2.24, 2.45) is 5.92 Å². The van der Waals surface area contributed by atoms with Crippen LogP contribution in [0.2, 0.25) is 0 Å². The van der Waals surface area contributed by atoms with Gasteiger partial charge in [-0.15, -0.1) is 0 Å². The minimum atomic E-state index is -0.768. The third-order valence-corrected chi connectivity index (χ3v) is 3.91. The Labute approximate surface area is 123 Å². The normalized spacial score (nSPS) is 21.6. The van der Waals surface area contributed by atoms with E-state index in [-0.39, 0.29) is 12.0 Å². The lowest BCUT2D eigenvalue weighted by Gasteiger charge is -2.29. The highest BCUT2D eigenvalue weighted by Crippen LogP contribution is 2.27. The Morgan fingerprint density at radius 1 is 1.33 bits per heavy atom. The summed E-state index contributed by atoms with van der Waals surface area (Å²) >= 11 is 0. The van der Waals surface area contributed by atoms with Crippen molar-refractivity contribution >= 4 is 17.8 Å². The van der Waals surface area contributed by atoms with Crippen molar-refractivity contribution in [2.75, 3.05) is 12.4 Å². The summed E-state index contributed by atoms with van der Waals surface area (Å²) in [5.74, 6) is -0.984. The summed E-state index contributed by atoms with van der Waals surface area (Å²) in [7, 11) is 1.33. The molecule has 0 spiro atoms. The lowest BCUT2D eigenvalue weighted by molar-refractivity contribution is -0.143. The Morgan fingerprint density at radius 3 is 2.67 bits per heavy atom. The Hall–Kier alpha value is -2.11. The summed E-state index contributed by atoms with van der Waals surface area (Å²) in [4.78, 5) is 27.1. The largest absolute Gasteiger partial charge is 0.481 e. The number of ether oxygens (including phenoxy) is 1.